The molecule has 2 rings (SSSR count). The maximum Gasteiger partial charge on any atom is 0.387 e. The van der Waals surface area contributed by atoms with E-state index in [0.29, 0.717) is 12.5 Å². The summed E-state index contributed by atoms with van der Waals surface area (Å²) in [4.78, 5) is 11.9. The molecule has 0 aromatic heterocycles. The Morgan fingerprint density at radius 1 is 1.08 bits per heavy atom. The van der Waals surface area contributed by atoms with Crippen molar-refractivity contribution in [2.45, 2.75) is 45.3 Å². The van der Waals surface area contributed by atoms with Gasteiger partial charge in [0.05, 0.1) is 12.2 Å². The van der Waals surface area contributed by atoms with Gasteiger partial charge >= 0.3 is 13.2 Å². The summed E-state index contributed by atoms with van der Waals surface area (Å²) in [5.41, 5.74) is 0.0831. The molecule has 0 unspecified atom stereocenters. The summed E-state index contributed by atoms with van der Waals surface area (Å²) in [5.74, 6) is -0.510. The number of hydrogen-bond acceptors (Lipinski definition) is 4. The lowest BCUT2D eigenvalue weighted by Crippen LogP contribution is -2.34. The highest BCUT2D eigenvalue weighted by molar-refractivity contribution is 5.81. The van der Waals surface area contributed by atoms with Crippen molar-refractivity contribution in [1.82, 2.24) is 5.32 Å². The molecule has 0 atom stereocenters. The zero-order valence-electron chi connectivity index (χ0n) is 14.2. The fourth-order valence-electron chi connectivity index (χ4n) is 2.91. The second kappa shape index (κ2) is 10.1. The van der Waals surface area contributed by atoms with Crippen LogP contribution in [0.5, 0.6) is 11.5 Å². The minimum atomic E-state index is -3.14. The van der Waals surface area contributed by atoms with E-state index in [2.05, 4.69) is 20.1 Å². The first-order valence-electron chi connectivity index (χ1n) is 8.48. The molecule has 0 heterocycles. The van der Waals surface area contributed by atoms with Gasteiger partial charge in [0.15, 0.2) is 5.75 Å². The van der Waals surface area contributed by atoms with Crippen LogP contribution in [-0.2, 0) is 4.79 Å². The van der Waals surface area contributed by atoms with Crippen LogP contribution in [0, 0.1) is 5.92 Å². The number of nitrogens with one attached hydrogen (secondary N) is 2. The standard InChI is InChI=1S/C17H22F4N2O3/c18-16(19)25-12-6-7-13(14(8-12)26-17(20)21)22-10-15(24)23-9-11-4-2-1-3-5-11/h6-8,11,16-17,22H,1-5,9-10H2,(H,23,24). The van der Waals surface area contributed by atoms with Gasteiger partial charge in [0.25, 0.3) is 0 Å². The minimum absolute atomic E-state index is 0.0831. The number of carbonyl (C=O) groups is 1. The molecule has 1 aromatic carbocycles. The lowest BCUT2D eigenvalue weighted by molar-refractivity contribution is -0.119. The molecule has 26 heavy (non-hydrogen) atoms. The van der Waals surface area contributed by atoms with Gasteiger partial charge in [-0.1, -0.05) is 19.3 Å². The summed E-state index contributed by atoms with van der Waals surface area (Å²) < 4.78 is 57.9. The first kappa shape index (κ1) is 20.1. The van der Waals surface area contributed by atoms with Crippen molar-refractivity contribution in [2.75, 3.05) is 18.4 Å². The normalized spacial score (nSPS) is 15.2. The Morgan fingerprint density at radius 2 is 1.77 bits per heavy atom. The van der Waals surface area contributed by atoms with Gasteiger partial charge in [-0.05, 0) is 30.9 Å². The van der Waals surface area contributed by atoms with Gasteiger partial charge in [-0.3, -0.25) is 4.79 Å². The second-order valence-corrected chi connectivity index (χ2v) is 6.08. The highest BCUT2D eigenvalue weighted by Gasteiger charge is 2.16. The number of anilines is 1. The smallest absolute Gasteiger partial charge is 0.387 e. The average Bonchev–Trinajstić information content (AvgIpc) is 2.59. The van der Waals surface area contributed by atoms with E-state index in [0.717, 1.165) is 18.9 Å². The fraction of sp³-hybridized carbons (Fsp3) is 0.588. The molecule has 0 saturated heterocycles. The highest BCUT2D eigenvalue weighted by atomic mass is 19.3. The highest BCUT2D eigenvalue weighted by Crippen LogP contribution is 2.31. The van der Waals surface area contributed by atoms with Crippen molar-refractivity contribution in [3.05, 3.63) is 18.2 Å². The van der Waals surface area contributed by atoms with E-state index in [9.17, 15) is 22.4 Å². The number of rotatable bonds is 9. The molecule has 1 amide bonds. The molecule has 5 nitrogen and oxygen atoms in total. The number of halogens is 4. The van der Waals surface area contributed by atoms with Crippen LogP contribution < -0.4 is 20.1 Å². The van der Waals surface area contributed by atoms with E-state index in [1.54, 1.807) is 0 Å². The van der Waals surface area contributed by atoms with Crippen LogP contribution in [-0.4, -0.2) is 32.2 Å². The zero-order chi connectivity index (χ0) is 18.9. The number of hydrogen-bond donors (Lipinski definition) is 2. The van der Waals surface area contributed by atoms with Crippen LogP contribution in [0.1, 0.15) is 32.1 Å². The topological polar surface area (TPSA) is 59.6 Å². The molecule has 0 aliphatic heterocycles. The Hall–Kier alpha value is -2.19. The molecule has 1 aromatic rings. The maximum absolute atomic E-state index is 12.5. The Morgan fingerprint density at radius 3 is 2.42 bits per heavy atom. The molecular weight excluding hydrogens is 356 g/mol. The molecule has 1 fully saturated rings. The van der Waals surface area contributed by atoms with Gasteiger partial charge in [-0.15, -0.1) is 0 Å². The predicted molar refractivity (Wildman–Crippen MR) is 87.8 cm³/mol. The number of amides is 1. The fourth-order valence-corrected chi connectivity index (χ4v) is 2.91. The van der Waals surface area contributed by atoms with Crippen LogP contribution in [0.2, 0.25) is 0 Å². The van der Waals surface area contributed by atoms with Crippen LogP contribution >= 0.6 is 0 Å². The number of benzene rings is 1. The van der Waals surface area contributed by atoms with Gasteiger partial charge in [0, 0.05) is 12.6 Å². The average molecular weight is 378 g/mol. The predicted octanol–water partition coefficient (Wildman–Crippen LogP) is 4.00. The molecule has 2 N–H and O–H groups in total. The van der Waals surface area contributed by atoms with Gasteiger partial charge in [0.2, 0.25) is 5.91 Å². The third-order valence-electron chi connectivity index (χ3n) is 4.15. The summed E-state index contributed by atoms with van der Waals surface area (Å²) in [6.07, 6.45) is 5.74. The van der Waals surface area contributed by atoms with Crippen LogP contribution in [0.15, 0.2) is 18.2 Å². The van der Waals surface area contributed by atoms with E-state index in [4.69, 9.17) is 0 Å². The first-order valence-corrected chi connectivity index (χ1v) is 8.48. The van der Waals surface area contributed by atoms with Gasteiger partial charge < -0.3 is 20.1 Å². The van der Waals surface area contributed by atoms with Gasteiger partial charge in [-0.25, -0.2) is 0 Å². The number of alkyl halides is 4. The zero-order valence-corrected chi connectivity index (χ0v) is 14.2. The molecule has 0 bridgehead atoms. The monoisotopic (exact) mass is 378 g/mol. The molecular formula is C17H22F4N2O3. The maximum atomic E-state index is 12.5. The van der Waals surface area contributed by atoms with Crippen LogP contribution in [0.3, 0.4) is 0 Å². The third kappa shape index (κ3) is 6.97. The van der Waals surface area contributed by atoms with Crippen LogP contribution in [0.25, 0.3) is 0 Å². The summed E-state index contributed by atoms with van der Waals surface area (Å²) in [6.45, 7) is -5.79. The van der Waals surface area contributed by atoms with E-state index in [1.165, 1.54) is 31.4 Å². The van der Waals surface area contributed by atoms with Crippen molar-refractivity contribution < 1.29 is 31.8 Å². The summed E-state index contributed by atoms with van der Waals surface area (Å²) in [6, 6.07) is 3.33. The Labute approximate surface area is 149 Å². The molecule has 0 radical (unpaired) electrons. The van der Waals surface area contributed by atoms with E-state index in [-0.39, 0.29) is 29.6 Å². The summed E-state index contributed by atoms with van der Waals surface area (Å²) in [7, 11) is 0. The number of carbonyl (C=O) groups excluding carboxylic acids is 1. The van der Waals surface area contributed by atoms with E-state index < -0.39 is 13.2 Å². The molecule has 1 aliphatic carbocycles. The molecule has 9 heteroatoms. The van der Waals surface area contributed by atoms with Gasteiger partial charge in [0.1, 0.15) is 5.75 Å². The SMILES string of the molecule is O=C(CNc1ccc(OC(F)F)cc1OC(F)F)NCC1CCCCC1. The third-order valence-corrected chi connectivity index (χ3v) is 4.15. The van der Waals surface area contributed by atoms with E-state index >= 15 is 0 Å². The van der Waals surface area contributed by atoms with Gasteiger partial charge in [-0.2, -0.15) is 17.6 Å². The Balaban J connectivity index is 1.88. The van der Waals surface area contributed by atoms with Crippen molar-refractivity contribution in [2.24, 2.45) is 5.92 Å². The first-order chi connectivity index (χ1) is 12.4. The summed E-state index contributed by atoms with van der Waals surface area (Å²) in [5, 5.41) is 5.48. The van der Waals surface area contributed by atoms with Crippen molar-refractivity contribution in [1.29, 1.82) is 0 Å². The van der Waals surface area contributed by atoms with Crippen molar-refractivity contribution in [3.63, 3.8) is 0 Å². The lowest BCUT2D eigenvalue weighted by atomic mass is 9.89. The number of ether oxygens (including phenoxy) is 2. The second-order valence-electron chi connectivity index (χ2n) is 6.08. The van der Waals surface area contributed by atoms with Crippen LogP contribution in [0.4, 0.5) is 23.2 Å². The minimum Gasteiger partial charge on any atom is -0.435 e. The van der Waals surface area contributed by atoms with Crippen molar-refractivity contribution >= 4 is 11.6 Å². The molecule has 1 saturated carbocycles. The lowest BCUT2D eigenvalue weighted by Gasteiger charge is -2.21. The van der Waals surface area contributed by atoms with Crippen molar-refractivity contribution in [3.8, 4) is 11.5 Å². The van der Waals surface area contributed by atoms with E-state index in [1.807, 2.05) is 0 Å². The largest absolute Gasteiger partial charge is 0.435 e. The quantitative estimate of drug-likeness (QED) is 0.638. The molecule has 0 spiro atoms. The summed E-state index contributed by atoms with van der Waals surface area (Å²) >= 11 is 0. The Bertz CT molecular complexity index is 581. The molecule has 1 aliphatic rings. The molecule has 146 valence electrons. The Kier molecular flexibility index (Phi) is 7.80.